The number of quaternary nitrogens is 1. The highest BCUT2D eigenvalue weighted by Gasteiger charge is 2.44. The van der Waals surface area contributed by atoms with Crippen LogP contribution in [0.15, 0.2) is 19.4 Å². The van der Waals surface area contributed by atoms with Crippen LogP contribution in [0.2, 0.25) is 0 Å². The zero-order chi connectivity index (χ0) is 38.7. The Labute approximate surface area is 301 Å². The molecule has 2 rings (SSSR count). The maximum Gasteiger partial charge on any atom is 0.337 e. The third kappa shape index (κ3) is 10.6. The van der Waals surface area contributed by atoms with Gasteiger partial charge in [0.2, 0.25) is 6.08 Å². The van der Waals surface area contributed by atoms with Crippen molar-refractivity contribution in [2.45, 2.75) is 183 Å². The monoisotopic (exact) mass is 708 g/mol. The molecule has 0 spiro atoms. The van der Waals surface area contributed by atoms with Gasteiger partial charge in [-0.05, 0) is 78.6 Å². The van der Waals surface area contributed by atoms with Gasteiger partial charge >= 0.3 is 17.1 Å². The molecule has 0 amide bonds. The number of hydrogen-bond donors (Lipinski definition) is 1. The van der Waals surface area contributed by atoms with Crippen LogP contribution >= 0.6 is 0 Å². The number of rotatable bonds is 21. The molecule has 288 valence electrons. The van der Waals surface area contributed by atoms with Crippen molar-refractivity contribution in [2.75, 3.05) is 27.2 Å². The van der Waals surface area contributed by atoms with Gasteiger partial charge in [-0.2, -0.15) is 4.99 Å². The lowest BCUT2D eigenvalue weighted by Gasteiger charge is -2.49. The maximum atomic E-state index is 14.2. The molecule has 1 fully saturated rings. The van der Waals surface area contributed by atoms with E-state index >= 15 is 0 Å². The average molecular weight is 708 g/mol. The SMILES string of the molecule is CCC(C)(C)CC(C)(C)n1c(=O)n(CNC2OC2OCCC[N+](C)(C)C(C)(CC)CC(C)(C)CC)c(=O)n(C(C)(C)CC(C)(C)N=C=O)c1=O. The molecule has 0 aliphatic carbocycles. The van der Waals surface area contributed by atoms with E-state index in [1.54, 1.807) is 33.8 Å². The zero-order valence-corrected chi connectivity index (χ0v) is 34.4. The van der Waals surface area contributed by atoms with Crippen molar-refractivity contribution in [1.82, 2.24) is 19.0 Å². The predicted molar refractivity (Wildman–Crippen MR) is 200 cm³/mol. The van der Waals surface area contributed by atoms with Gasteiger partial charge in [-0.15, -0.1) is 0 Å². The first-order valence-corrected chi connectivity index (χ1v) is 18.6. The Bertz CT molecular complexity index is 1540. The second-order valence-electron chi connectivity index (χ2n) is 18.9. The van der Waals surface area contributed by atoms with Gasteiger partial charge in [0.1, 0.15) is 0 Å². The third-order valence-corrected chi connectivity index (χ3v) is 11.6. The Kier molecular flexibility index (Phi) is 13.8. The van der Waals surface area contributed by atoms with E-state index in [0.29, 0.717) is 13.0 Å². The summed E-state index contributed by atoms with van der Waals surface area (Å²) in [4.78, 5) is 57.3. The topological polar surface area (TPSA) is 129 Å². The summed E-state index contributed by atoms with van der Waals surface area (Å²) in [5, 5.41) is 3.15. The lowest BCUT2D eigenvalue weighted by Crippen LogP contribution is -2.63. The fourth-order valence-electron chi connectivity index (χ4n) is 7.84. The number of nitrogens with one attached hydrogen (secondary N) is 1. The van der Waals surface area contributed by atoms with Crippen LogP contribution < -0.4 is 22.4 Å². The van der Waals surface area contributed by atoms with Gasteiger partial charge in [-0.25, -0.2) is 32.9 Å². The molecule has 0 bridgehead atoms. The molecule has 50 heavy (non-hydrogen) atoms. The number of ether oxygens (including phenoxy) is 2. The van der Waals surface area contributed by atoms with Gasteiger partial charge in [0, 0.05) is 18.4 Å². The van der Waals surface area contributed by atoms with Gasteiger partial charge in [0.25, 0.3) is 0 Å². The Hall–Kier alpha value is -2.37. The molecule has 1 aliphatic heterocycles. The number of hydrogen-bond acceptors (Lipinski definition) is 8. The minimum absolute atomic E-state index is 0.142. The van der Waals surface area contributed by atoms with E-state index in [-0.39, 0.29) is 29.5 Å². The van der Waals surface area contributed by atoms with Crippen molar-refractivity contribution in [1.29, 1.82) is 0 Å². The first-order valence-electron chi connectivity index (χ1n) is 18.6. The number of aliphatic imine (C=N–C) groups is 1. The number of carbonyl (C=O) groups excluding carboxylic acids is 1. The van der Waals surface area contributed by atoms with E-state index in [1.165, 1.54) is 4.57 Å². The molecule has 3 unspecified atom stereocenters. The zero-order valence-electron chi connectivity index (χ0n) is 34.4. The fraction of sp³-hybridized carbons (Fsp3) is 0.895. The summed E-state index contributed by atoms with van der Waals surface area (Å²) in [7, 11) is 4.61. The van der Waals surface area contributed by atoms with Crippen LogP contribution in [0.1, 0.15) is 142 Å². The second-order valence-corrected chi connectivity index (χ2v) is 18.9. The molecular formula is C38H71N6O6+. The van der Waals surface area contributed by atoms with Crippen molar-refractivity contribution < 1.29 is 18.8 Å². The van der Waals surface area contributed by atoms with E-state index in [2.05, 4.69) is 79.8 Å². The van der Waals surface area contributed by atoms with Crippen LogP contribution in [0, 0.1) is 10.8 Å². The molecule has 12 nitrogen and oxygen atoms in total. The summed E-state index contributed by atoms with van der Waals surface area (Å²) in [6.07, 6.45) is 6.40. The number of nitrogens with zero attached hydrogens (tertiary/aromatic N) is 5. The summed E-state index contributed by atoms with van der Waals surface area (Å²) in [6.45, 7) is 29.9. The molecule has 0 radical (unpaired) electrons. The average Bonchev–Trinajstić information content (AvgIpc) is 3.71. The van der Waals surface area contributed by atoms with Gasteiger partial charge in [0.05, 0.1) is 50.5 Å². The smallest absolute Gasteiger partial charge is 0.337 e. The molecule has 1 aromatic rings. The normalized spacial score (nSPS) is 18.9. The highest BCUT2D eigenvalue weighted by molar-refractivity contribution is 5.34. The lowest BCUT2D eigenvalue weighted by atomic mass is 9.74. The second kappa shape index (κ2) is 15.7. The number of epoxide rings is 1. The largest absolute Gasteiger partial charge is 0.349 e. The molecular weight excluding hydrogens is 636 g/mol. The minimum Gasteiger partial charge on any atom is -0.349 e. The molecule has 1 N–H and O–H groups in total. The summed E-state index contributed by atoms with van der Waals surface area (Å²) in [6, 6.07) is 0. The van der Waals surface area contributed by atoms with Gasteiger partial charge < -0.3 is 14.0 Å². The van der Waals surface area contributed by atoms with Crippen LogP contribution in [0.5, 0.6) is 0 Å². The highest BCUT2D eigenvalue weighted by Crippen LogP contribution is 2.39. The Morgan fingerprint density at radius 1 is 0.780 bits per heavy atom. The Morgan fingerprint density at radius 3 is 1.76 bits per heavy atom. The first-order chi connectivity index (χ1) is 22.7. The van der Waals surface area contributed by atoms with Crippen molar-refractivity contribution in [2.24, 2.45) is 15.8 Å². The van der Waals surface area contributed by atoms with Crippen LogP contribution in [-0.4, -0.2) is 75.1 Å². The molecule has 1 aromatic heterocycles. The van der Waals surface area contributed by atoms with Crippen molar-refractivity contribution in [3.8, 4) is 0 Å². The Balaban J connectivity index is 2.31. The lowest BCUT2D eigenvalue weighted by molar-refractivity contribution is -0.941. The van der Waals surface area contributed by atoms with Gasteiger partial charge in [-0.3, -0.25) is 5.32 Å². The molecule has 0 saturated carbocycles. The van der Waals surface area contributed by atoms with E-state index in [0.717, 1.165) is 52.3 Å². The van der Waals surface area contributed by atoms with Gasteiger partial charge in [0.15, 0.2) is 12.5 Å². The quantitative estimate of drug-likeness (QED) is 0.0573. The van der Waals surface area contributed by atoms with Crippen molar-refractivity contribution in [3.05, 3.63) is 31.5 Å². The summed E-state index contributed by atoms with van der Waals surface area (Å²) in [5.41, 5.74) is -4.78. The van der Waals surface area contributed by atoms with E-state index in [1.807, 2.05) is 13.8 Å². The fourth-order valence-corrected chi connectivity index (χ4v) is 7.84. The molecule has 0 aromatic carbocycles. The Morgan fingerprint density at radius 2 is 1.28 bits per heavy atom. The highest BCUT2D eigenvalue weighted by atomic mass is 16.8. The summed E-state index contributed by atoms with van der Waals surface area (Å²) >= 11 is 0. The molecule has 3 atom stereocenters. The van der Waals surface area contributed by atoms with E-state index in [4.69, 9.17) is 9.47 Å². The van der Waals surface area contributed by atoms with Crippen LogP contribution in [0.25, 0.3) is 0 Å². The third-order valence-electron chi connectivity index (χ3n) is 11.6. The molecule has 1 saturated heterocycles. The molecule has 12 heteroatoms. The van der Waals surface area contributed by atoms with Crippen LogP contribution in [-0.2, 0) is 32.0 Å². The van der Waals surface area contributed by atoms with E-state index in [9.17, 15) is 19.2 Å². The molecule has 2 heterocycles. The van der Waals surface area contributed by atoms with Gasteiger partial charge in [-0.1, -0.05) is 61.3 Å². The predicted octanol–water partition coefficient (Wildman–Crippen LogP) is 5.68. The van der Waals surface area contributed by atoms with Crippen molar-refractivity contribution >= 4 is 6.08 Å². The van der Waals surface area contributed by atoms with Crippen LogP contribution in [0.4, 0.5) is 0 Å². The molecule has 1 aliphatic rings. The number of isocyanates is 1. The number of aromatic nitrogens is 3. The van der Waals surface area contributed by atoms with Crippen LogP contribution in [0.3, 0.4) is 0 Å². The summed E-state index contributed by atoms with van der Waals surface area (Å²) in [5.74, 6) is 0. The summed E-state index contributed by atoms with van der Waals surface area (Å²) < 4.78 is 16.1. The van der Waals surface area contributed by atoms with Crippen molar-refractivity contribution in [3.63, 3.8) is 0 Å². The maximum absolute atomic E-state index is 14.2. The first kappa shape index (κ1) is 43.8. The standard InChI is InChI=1S/C38H71N6O6/c1-17-33(4,5)23-36(10,11)42-30(46)41(31(47)43(32(42)48)37(12,13)25-35(8,9)40-27-45)26-39-28-29(50-28)49-22-20-21-44(15,16)38(14,19-3)24-34(6,7)18-2/h28-29,39H,17-26H2,1-16H3/q+1. The van der Waals surface area contributed by atoms with E-state index < -0.39 is 46.2 Å². The minimum atomic E-state index is -1.10.